The summed E-state index contributed by atoms with van der Waals surface area (Å²) in [4.78, 5) is 10.6. The van der Waals surface area contributed by atoms with Gasteiger partial charge in [-0.25, -0.2) is 13.1 Å². The standard InChI is InChI=1S/C11H17N3O3S/c1-8-4-5-10(9(12)7-8)18(16,17)14-6-2-3-11(13)15/h4-5,7,14H,2-3,6,12H2,1H3,(H2,13,15). The Labute approximate surface area is 106 Å². The average molecular weight is 271 g/mol. The molecule has 0 unspecified atom stereocenters. The van der Waals surface area contributed by atoms with Gasteiger partial charge in [-0.2, -0.15) is 0 Å². The number of carbonyl (C=O) groups excluding carboxylic acids is 1. The van der Waals surface area contributed by atoms with Crippen molar-refractivity contribution in [1.29, 1.82) is 0 Å². The van der Waals surface area contributed by atoms with Crippen LogP contribution in [0, 0.1) is 6.92 Å². The first-order valence-electron chi connectivity index (χ1n) is 5.47. The van der Waals surface area contributed by atoms with E-state index in [0.29, 0.717) is 6.42 Å². The highest BCUT2D eigenvalue weighted by Gasteiger charge is 2.16. The largest absolute Gasteiger partial charge is 0.398 e. The van der Waals surface area contributed by atoms with E-state index in [1.807, 2.05) is 6.92 Å². The smallest absolute Gasteiger partial charge is 0.242 e. The Balaban J connectivity index is 2.71. The first-order valence-corrected chi connectivity index (χ1v) is 6.95. The molecule has 0 aliphatic rings. The molecule has 18 heavy (non-hydrogen) atoms. The summed E-state index contributed by atoms with van der Waals surface area (Å²) in [6, 6.07) is 4.73. The van der Waals surface area contributed by atoms with Gasteiger partial charge in [0.2, 0.25) is 15.9 Å². The molecule has 7 heteroatoms. The number of hydrogen-bond acceptors (Lipinski definition) is 4. The number of amides is 1. The third-order valence-electron chi connectivity index (χ3n) is 2.35. The number of anilines is 1. The molecule has 0 aliphatic carbocycles. The van der Waals surface area contributed by atoms with E-state index in [1.54, 1.807) is 12.1 Å². The Morgan fingerprint density at radius 1 is 1.39 bits per heavy atom. The van der Waals surface area contributed by atoms with Gasteiger partial charge in [-0.3, -0.25) is 4.79 Å². The van der Waals surface area contributed by atoms with Gasteiger partial charge < -0.3 is 11.5 Å². The van der Waals surface area contributed by atoms with Gasteiger partial charge in [-0.05, 0) is 31.0 Å². The van der Waals surface area contributed by atoms with Gasteiger partial charge in [0, 0.05) is 13.0 Å². The van der Waals surface area contributed by atoms with E-state index < -0.39 is 15.9 Å². The van der Waals surface area contributed by atoms with Crippen LogP contribution >= 0.6 is 0 Å². The fraction of sp³-hybridized carbons (Fsp3) is 0.364. The number of rotatable bonds is 6. The summed E-state index contributed by atoms with van der Waals surface area (Å²) in [5.41, 5.74) is 11.7. The van der Waals surface area contributed by atoms with Gasteiger partial charge in [0.05, 0.1) is 5.69 Å². The molecular formula is C11H17N3O3S. The normalized spacial score (nSPS) is 11.4. The van der Waals surface area contributed by atoms with Crippen LogP contribution in [-0.2, 0) is 14.8 Å². The van der Waals surface area contributed by atoms with Crippen LogP contribution in [0.15, 0.2) is 23.1 Å². The van der Waals surface area contributed by atoms with Crippen molar-refractivity contribution in [2.45, 2.75) is 24.7 Å². The molecule has 0 spiro atoms. The molecule has 0 fully saturated rings. The molecule has 0 aliphatic heterocycles. The zero-order chi connectivity index (χ0) is 13.8. The number of nitrogens with two attached hydrogens (primary N) is 2. The lowest BCUT2D eigenvalue weighted by atomic mass is 10.2. The van der Waals surface area contributed by atoms with Crippen molar-refractivity contribution in [3.63, 3.8) is 0 Å². The van der Waals surface area contributed by atoms with Gasteiger partial charge in [0.15, 0.2) is 0 Å². The van der Waals surface area contributed by atoms with Gasteiger partial charge in [0.1, 0.15) is 4.90 Å². The monoisotopic (exact) mass is 271 g/mol. The fourth-order valence-corrected chi connectivity index (χ4v) is 2.64. The molecule has 1 rings (SSSR count). The molecule has 0 saturated carbocycles. The van der Waals surface area contributed by atoms with Crippen LogP contribution in [0.3, 0.4) is 0 Å². The molecular weight excluding hydrogens is 254 g/mol. The van der Waals surface area contributed by atoms with Crippen molar-refractivity contribution in [2.75, 3.05) is 12.3 Å². The van der Waals surface area contributed by atoms with Gasteiger partial charge in [-0.1, -0.05) is 6.07 Å². The molecule has 0 radical (unpaired) electrons. The third kappa shape index (κ3) is 4.01. The Kier molecular flexibility index (Phi) is 4.69. The van der Waals surface area contributed by atoms with Crippen molar-refractivity contribution < 1.29 is 13.2 Å². The molecule has 1 aromatic rings. The Hall–Kier alpha value is -1.60. The molecule has 0 aromatic heterocycles. The summed E-state index contributed by atoms with van der Waals surface area (Å²) >= 11 is 0. The van der Waals surface area contributed by atoms with Gasteiger partial charge >= 0.3 is 0 Å². The summed E-state index contributed by atoms with van der Waals surface area (Å²) in [5.74, 6) is -0.455. The van der Waals surface area contributed by atoms with E-state index in [-0.39, 0.29) is 23.5 Å². The van der Waals surface area contributed by atoms with E-state index in [0.717, 1.165) is 5.56 Å². The predicted octanol–water partition coefficient (Wildman–Crippen LogP) is 0.121. The van der Waals surface area contributed by atoms with E-state index >= 15 is 0 Å². The van der Waals surface area contributed by atoms with Gasteiger partial charge in [0.25, 0.3) is 0 Å². The number of sulfonamides is 1. The fourth-order valence-electron chi connectivity index (χ4n) is 1.46. The van der Waals surface area contributed by atoms with E-state index in [9.17, 15) is 13.2 Å². The van der Waals surface area contributed by atoms with Crippen molar-refractivity contribution >= 4 is 21.6 Å². The second kappa shape index (κ2) is 5.83. The zero-order valence-corrected chi connectivity index (χ0v) is 11.0. The van der Waals surface area contributed by atoms with E-state index in [4.69, 9.17) is 11.5 Å². The number of carbonyl (C=O) groups is 1. The van der Waals surface area contributed by atoms with Crippen molar-refractivity contribution in [3.05, 3.63) is 23.8 Å². The second-order valence-corrected chi connectivity index (χ2v) is 5.74. The van der Waals surface area contributed by atoms with E-state index in [2.05, 4.69) is 4.72 Å². The SMILES string of the molecule is Cc1ccc(S(=O)(=O)NCCCC(N)=O)c(N)c1. The molecule has 0 atom stereocenters. The molecule has 0 heterocycles. The van der Waals surface area contributed by atoms with Crippen LogP contribution in [0.4, 0.5) is 5.69 Å². The van der Waals surface area contributed by atoms with Crippen LogP contribution in [-0.4, -0.2) is 20.9 Å². The maximum atomic E-state index is 11.9. The molecule has 100 valence electrons. The quantitative estimate of drug-likeness (QED) is 0.503. The lowest BCUT2D eigenvalue weighted by molar-refractivity contribution is -0.118. The molecule has 1 amide bonds. The van der Waals surface area contributed by atoms with Crippen LogP contribution in [0.2, 0.25) is 0 Å². The topological polar surface area (TPSA) is 115 Å². The maximum absolute atomic E-state index is 11.9. The highest BCUT2D eigenvalue weighted by atomic mass is 32.2. The minimum absolute atomic E-state index is 0.0483. The number of hydrogen-bond donors (Lipinski definition) is 3. The number of nitrogen functional groups attached to an aromatic ring is 1. The highest BCUT2D eigenvalue weighted by molar-refractivity contribution is 7.89. The lowest BCUT2D eigenvalue weighted by Gasteiger charge is -2.09. The lowest BCUT2D eigenvalue weighted by Crippen LogP contribution is -2.26. The summed E-state index contributed by atoms with van der Waals surface area (Å²) < 4.78 is 26.2. The zero-order valence-electron chi connectivity index (χ0n) is 10.1. The van der Waals surface area contributed by atoms with Crippen molar-refractivity contribution in [1.82, 2.24) is 4.72 Å². The molecule has 5 N–H and O–H groups in total. The van der Waals surface area contributed by atoms with Crippen molar-refractivity contribution in [2.24, 2.45) is 5.73 Å². The Morgan fingerprint density at radius 2 is 2.06 bits per heavy atom. The third-order valence-corrected chi connectivity index (χ3v) is 3.88. The molecule has 0 bridgehead atoms. The first-order chi connectivity index (χ1) is 8.33. The Morgan fingerprint density at radius 3 is 2.61 bits per heavy atom. The second-order valence-electron chi connectivity index (χ2n) is 4.01. The summed E-state index contributed by atoms with van der Waals surface area (Å²) in [6.07, 6.45) is 0.506. The number of nitrogens with one attached hydrogen (secondary N) is 1. The summed E-state index contributed by atoms with van der Waals surface area (Å²) in [6.45, 7) is 1.98. The minimum atomic E-state index is -3.63. The summed E-state index contributed by atoms with van der Waals surface area (Å²) in [5, 5.41) is 0. The van der Waals surface area contributed by atoms with Crippen LogP contribution in [0.5, 0.6) is 0 Å². The molecule has 1 aromatic carbocycles. The highest BCUT2D eigenvalue weighted by Crippen LogP contribution is 2.19. The molecule has 0 saturated heterocycles. The van der Waals surface area contributed by atoms with Crippen LogP contribution in [0.25, 0.3) is 0 Å². The predicted molar refractivity (Wildman–Crippen MR) is 69.2 cm³/mol. The number of aryl methyl sites for hydroxylation is 1. The summed E-state index contributed by atoms with van der Waals surface area (Å²) in [7, 11) is -3.63. The Bertz CT molecular complexity index is 540. The maximum Gasteiger partial charge on any atom is 0.242 e. The first kappa shape index (κ1) is 14.5. The van der Waals surface area contributed by atoms with Crippen LogP contribution < -0.4 is 16.2 Å². The number of benzene rings is 1. The van der Waals surface area contributed by atoms with Gasteiger partial charge in [-0.15, -0.1) is 0 Å². The number of primary amides is 1. The van der Waals surface area contributed by atoms with Crippen molar-refractivity contribution in [3.8, 4) is 0 Å². The minimum Gasteiger partial charge on any atom is -0.398 e. The van der Waals surface area contributed by atoms with Crippen LogP contribution in [0.1, 0.15) is 18.4 Å². The molecule has 6 nitrogen and oxygen atoms in total. The average Bonchev–Trinajstić information content (AvgIpc) is 2.23. The van der Waals surface area contributed by atoms with E-state index in [1.165, 1.54) is 6.07 Å².